The van der Waals surface area contributed by atoms with Crippen LogP contribution in [-0.4, -0.2) is 31.3 Å². The number of pyridine rings is 1. The van der Waals surface area contributed by atoms with E-state index in [0.29, 0.717) is 0 Å². The van der Waals surface area contributed by atoms with Gasteiger partial charge in [-0.1, -0.05) is 6.92 Å². The number of nitrogens with one attached hydrogen (secondary N) is 1. The van der Waals surface area contributed by atoms with Gasteiger partial charge in [-0.2, -0.15) is 0 Å². The fraction of sp³-hybridized carbons (Fsp3) is 0.667. The summed E-state index contributed by atoms with van der Waals surface area (Å²) in [5.41, 5.74) is 1.52. The maximum absolute atomic E-state index is 5.75. The van der Waals surface area contributed by atoms with Crippen LogP contribution in [0, 0.1) is 5.41 Å². The molecule has 0 spiro atoms. The molecule has 0 aliphatic carbocycles. The van der Waals surface area contributed by atoms with Gasteiger partial charge in [-0.3, -0.25) is 4.98 Å². The molecule has 1 aromatic heterocycles. The molecular weight excluding hydrogens is 304 g/mol. The second kappa shape index (κ2) is 7.36. The van der Waals surface area contributed by atoms with Gasteiger partial charge in [0.2, 0.25) is 0 Å². The van der Waals surface area contributed by atoms with Gasteiger partial charge in [0.15, 0.2) is 0 Å². The van der Waals surface area contributed by atoms with Crippen molar-refractivity contribution < 1.29 is 4.74 Å². The zero-order valence-corrected chi connectivity index (χ0v) is 13.2. The molecule has 4 heteroatoms. The van der Waals surface area contributed by atoms with E-state index in [1.165, 1.54) is 18.4 Å². The lowest BCUT2D eigenvalue weighted by atomic mass is 9.77. The van der Waals surface area contributed by atoms with Crippen molar-refractivity contribution in [2.24, 2.45) is 5.41 Å². The maximum Gasteiger partial charge on any atom is 0.0537 e. The topological polar surface area (TPSA) is 34.2 Å². The monoisotopic (exact) mass is 326 g/mol. The van der Waals surface area contributed by atoms with Gasteiger partial charge in [0.25, 0.3) is 0 Å². The molecule has 2 heterocycles. The van der Waals surface area contributed by atoms with Gasteiger partial charge >= 0.3 is 0 Å². The quantitative estimate of drug-likeness (QED) is 0.815. The SMILES string of the molecule is CCCNCC1(Cc2cncc(Br)c2)CCCOC1. The Balaban J connectivity index is 2.04. The van der Waals surface area contributed by atoms with E-state index in [2.05, 4.69) is 39.2 Å². The number of aromatic nitrogens is 1. The highest BCUT2D eigenvalue weighted by Crippen LogP contribution is 2.32. The Hall–Kier alpha value is -0.450. The van der Waals surface area contributed by atoms with Gasteiger partial charge in [0.05, 0.1) is 6.61 Å². The predicted octanol–water partition coefficient (Wildman–Crippen LogP) is 3.18. The van der Waals surface area contributed by atoms with Crippen LogP contribution in [0.2, 0.25) is 0 Å². The molecule has 0 amide bonds. The molecule has 0 aromatic carbocycles. The summed E-state index contributed by atoms with van der Waals surface area (Å²) in [6.45, 7) is 6.09. The lowest BCUT2D eigenvalue weighted by Crippen LogP contribution is -2.43. The van der Waals surface area contributed by atoms with Gasteiger partial charge in [0, 0.05) is 35.4 Å². The van der Waals surface area contributed by atoms with Crippen molar-refractivity contribution in [1.82, 2.24) is 10.3 Å². The van der Waals surface area contributed by atoms with E-state index in [1.807, 2.05) is 12.4 Å². The van der Waals surface area contributed by atoms with E-state index in [9.17, 15) is 0 Å². The van der Waals surface area contributed by atoms with Gasteiger partial charge in [-0.25, -0.2) is 0 Å². The average molecular weight is 327 g/mol. The Morgan fingerprint density at radius 3 is 3.05 bits per heavy atom. The number of nitrogens with zero attached hydrogens (tertiary/aromatic N) is 1. The minimum Gasteiger partial charge on any atom is -0.381 e. The second-order valence-corrected chi connectivity index (χ2v) is 6.44. The first-order chi connectivity index (χ1) is 9.24. The number of ether oxygens (including phenoxy) is 1. The number of halogens is 1. The van der Waals surface area contributed by atoms with Crippen molar-refractivity contribution >= 4 is 15.9 Å². The molecule has 2 rings (SSSR count). The number of rotatable bonds is 6. The predicted molar refractivity (Wildman–Crippen MR) is 81.3 cm³/mol. The zero-order valence-electron chi connectivity index (χ0n) is 11.6. The maximum atomic E-state index is 5.75. The molecule has 1 atom stereocenters. The third-order valence-corrected chi connectivity index (χ3v) is 4.11. The van der Waals surface area contributed by atoms with Crippen LogP contribution in [0.5, 0.6) is 0 Å². The second-order valence-electron chi connectivity index (χ2n) is 5.52. The van der Waals surface area contributed by atoms with E-state index in [-0.39, 0.29) is 5.41 Å². The summed E-state index contributed by atoms with van der Waals surface area (Å²) in [4.78, 5) is 4.27. The van der Waals surface area contributed by atoms with Crippen LogP contribution in [-0.2, 0) is 11.2 Å². The average Bonchev–Trinajstić information content (AvgIpc) is 2.40. The molecule has 1 unspecified atom stereocenters. The summed E-state index contributed by atoms with van der Waals surface area (Å²) in [5.74, 6) is 0. The molecular formula is C15H23BrN2O. The molecule has 1 aromatic rings. The Labute approximate surface area is 124 Å². The Kier molecular flexibility index (Phi) is 5.79. The smallest absolute Gasteiger partial charge is 0.0537 e. The van der Waals surface area contributed by atoms with E-state index in [0.717, 1.165) is 43.6 Å². The van der Waals surface area contributed by atoms with Gasteiger partial charge in [-0.05, 0) is 59.8 Å². The first kappa shape index (κ1) is 14.9. The summed E-state index contributed by atoms with van der Waals surface area (Å²) in [6.07, 6.45) is 8.42. The zero-order chi connectivity index (χ0) is 13.6. The molecule has 1 aliphatic rings. The molecule has 3 nitrogen and oxygen atoms in total. The van der Waals surface area contributed by atoms with Crippen molar-refractivity contribution in [3.8, 4) is 0 Å². The first-order valence-electron chi connectivity index (χ1n) is 7.12. The number of hydrogen-bond donors (Lipinski definition) is 1. The van der Waals surface area contributed by atoms with Gasteiger partial charge < -0.3 is 10.1 Å². The van der Waals surface area contributed by atoms with Crippen LogP contribution in [0.1, 0.15) is 31.7 Å². The lowest BCUT2D eigenvalue weighted by molar-refractivity contribution is -0.00710. The highest BCUT2D eigenvalue weighted by molar-refractivity contribution is 9.10. The normalized spacial score (nSPS) is 23.5. The molecule has 1 N–H and O–H groups in total. The standard InChI is InChI=1S/C15H23BrN2O/c1-2-5-17-11-15(4-3-6-19-12-15)8-13-7-14(16)10-18-9-13/h7,9-10,17H,2-6,8,11-12H2,1H3. The lowest BCUT2D eigenvalue weighted by Gasteiger charge is -2.37. The third-order valence-electron chi connectivity index (χ3n) is 3.67. The summed E-state index contributed by atoms with van der Waals surface area (Å²) >= 11 is 3.50. The molecule has 19 heavy (non-hydrogen) atoms. The van der Waals surface area contributed by atoms with E-state index in [1.54, 1.807) is 0 Å². The van der Waals surface area contributed by atoms with Gasteiger partial charge in [-0.15, -0.1) is 0 Å². The van der Waals surface area contributed by atoms with Gasteiger partial charge in [0.1, 0.15) is 0 Å². The van der Waals surface area contributed by atoms with Crippen molar-refractivity contribution in [3.63, 3.8) is 0 Å². The minimum absolute atomic E-state index is 0.232. The summed E-state index contributed by atoms with van der Waals surface area (Å²) in [7, 11) is 0. The van der Waals surface area contributed by atoms with Crippen LogP contribution in [0.25, 0.3) is 0 Å². The van der Waals surface area contributed by atoms with E-state index in [4.69, 9.17) is 4.74 Å². The third kappa shape index (κ3) is 4.55. The molecule has 1 aliphatic heterocycles. The first-order valence-corrected chi connectivity index (χ1v) is 7.91. The highest BCUT2D eigenvalue weighted by atomic mass is 79.9. The van der Waals surface area contributed by atoms with E-state index < -0.39 is 0 Å². The molecule has 0 bridgehead atoms. The Morgan fingerprint density at radius 2 is 2.37 bits per heavy atom. The van der Waals surface area contributed by atoms with Crippen molar-refractivity contribution in [1.29, 1.82) is 0 Å². The van der Waals surface area contributed by atoms with E-state index >= 15 is 0 Å². The van der Waals surface area contributed by atoms with Crippen LogP contribution in [0.4, 0.5) is 0 Å². The van der Waals surface area contributed by atoms with Crippen LogP contribution >= 0.6 is 15.9 Å². The highest BCUT2D eigenvalue weighted by Gasteiger charge is 2.32. The van der Waals surface area contributed by atoms with Crippen molar-refractivity contribution in [2.45, 2.75) is 32.6 Å². The van der Waals surface area contributed by atoms with Crippen molar-refractivity contribution in [2.75, 3.05) is 26.3 Å². The molecule has 0 saturated carbocycles. The van der Waals surface area contributed by atoms with Crippen LogP contribution in [0.3, 0.4) is 0 Å². The van der Waals surface area contributed by atoms with Crippen molar-refractivity contribution in [3.05, 3.63) is 28.5 Å². The molecule has 106 valence electrons. The molecule has 0 radical (unpaired) electrons. The minimum atomic E-state index is 0.232. The van der Waals surface area contributed by atoms with Crippen LogP contribution in [0.15, 0.2) is 22.9 Å². The summed E-state index contributed by atoms with van der Waals surface area (Å²) in [5, 5.41) is 3.57. The number of hydrogen-bond acceptors (Lipinski definition) is 3. The Morgan fingerprint density at radius 1 is 1.47 bits per heavy atom. The summed E-state index contributed by atoms with van der Waals surface area (Å²) < 4.78 is 6.80. The molecule has 1 fully saturated rings. The largest absolute Gasteiger partial charge is 0.381 e. The molecule has 1 saturated heterocycles. The van der Waals surface area contributed by atoms with Crippen LogP contribution < -0.4 is 5.32 Å². The summed E-state index contributed by atoms with van der Waals surface area (Å²) in [6, 6.07) is 2.17. The fourth-order valence-electron chi connectivity index (χ4n) is 2.77. The Bertz CT molecular complexity index is 391. The fourth-order valence-corrected chi connectivity index (χ4v) is 3.18.